The van der Waals surface area contributed by atoms with Crippen molar-refractivity contribution in [2.75, 3.05) is 25.0 Å². The fraction of sp³-hybridized carbons (Fsp3) is 0.381. The summed E-state index contributed by atoms with van der Waals surface area (Å²) >= 11 is 1.38. The molecule has 1 fully saturated rings. The van der Waals surface area contributed by atoms with Gasteiger partial charge in [-0.1, -0.05) is 29.5 Å². The Bertz CT molecular complexity index is 998. The van der Waals surface area contributed by atoms with Gasteiger partial charge in [-0.3, -0.25) is 9.78 Å². The largest absolute Gasteiger partial charge is 0.391 e. The SMILES string of the molecule is CCNc1nc(C)c(C(=O)N2C[C@@H](Cc3ccnc4ccccc34)[C@H](O)C2)s1. The lowest BCUT2D eigenvalue weighted by atomic mass is 9.94. The first-order chi connectivity index (χ1) is 13.6. The topological polar surface area (TPSA) is 78.4 Å². The molecule has 2 aromatic heterocycles. The van der Waals surface area contributed by atoms with E-state index < -0.39 is 6.10 Å². The van der Waals surface area contributed by atoms with E-state index in [4.69, 9.17) is 0 Å². The highest BCUT2D eigenvalue weighted by atomic mass is 32.1. The fourth-order valence-corrected chi connectivity index (χ4v) is 4.80. The number of amides is 1. The van der Waals surface area contributed by atoms with E-state index in [1.54, 1.807) is 4.90 Å². The Morgan fingerprint density at radius 1 is 1.32 bits per heavy atom. The van der Waals surface area contributed by atoms with Crippen LogP contribution >= 0.6 is 11.3 Å². The average molecular weight is 397 g/mol. The highest BCUT2D eigenvalue weighted by Gasteiger charge is 2.35. The van der Waals surface area contributed by atoms with Crippen molar-refractivity contribution in [2.45, 2.75) is 26.4 Å². The van der Waals surface area contributed by atoms with E-state index in [1.165, 1.54) is 11.3 Å². The number of nitrogens with one attached hydrogen (secondary N) is 1. The molecule has 146 valence electrons. The van der Waals surface area contributed by atoms with Crippen LogP contribution in [-0.4, -0.2) is 51.6 Å². The second-order valence-electron chi connectivity index (χ2n) is 7.19. The minimum Gasteiger partial charge on any atom is -0.391 e. The third-order valence-electron chi connectivity index (χ3n) is 5.23. The number of carbonyl (C=O) groups is 1. The molecule has 0 saturated carbocycles. The fourth-order valence-electron chi connectivity index (χ4n) is 3.80. The zero-order valence-corrected chi connectivity index (χ0v) is 16.9. The van der Waals surface area contributed by atoms with Crippen LogP contribution in [0.15, 0.2) is 36.5 Å². The molecule has 4 rings (SSSR count). The van der Waals surface area contributed by atoms with Crippen LogP contribution < -0.4 is 5.32 Å². The summed E-state index contributed by atoms with van der Waals surface area (Å²) in [6.07, 6.45) is 2.00. The van der Waals surface area contributed by atoms with Crippen molar-refractivity contribution in [2.24, 2.45) is 5.92 Å². The van der Waals surface area contributed by atoms with E-state index in [2.05, 4.69) is 21.4 Å². The molecule has 1 aromatic carbocycles. The van der Waals surface area contributed by atoms with Crippen LogP contribution in [0, 0.1) is 12.8 Å². The normalized spacial score (nSPS) is 19.3. The van der Waals surface area contributed by atoms with Crippen molar-refractivity contribution in [1.29, 1.82) is 0 Å². The van der Waals surface area contributed by atoms with Gasteiger partial charge < -0.3 is 15.3 Å². The number of aliphatic hydroxyl groups excluding tert-OH is 1. The Morgan fingerprint density at radius 3 is 2.96 bits per heavy atom. The Morgan fingerprint density at radius 2 is 2.14 bits per heavy atom. The maximum atomic E-state index is 13.0. The standard InChI is InChI=1S/C21H24N4O2S/c1-3-22-21-24-13(2)19(28-21)20(27)25-11-15(18(26)12-25)10-14-8-9-23-17-7-5-4-6-16(14)17/h4-9,15,18,26H,3,10-12H2,1-2H3,(H,22,24)/t15-,18-/m1/s1. The second-order valence-corrected chi connectivity index (χ2v) is 8.19. The van der Waals surface area contributed by atoms with E-state index in [-0.39, 0.29) is 11.8 Å². The first-order valence-corrected chi connectivity index (χ1v) is 10.4. The number of rotatable bonds is 5. The quantitative estimate of drug-likeness (QED) is 0.693. The molecule has 7 heteroatoms. The van der Waals surface area contributed by atoms with Gasteiger partial charge in [0.1, 0.15) is 4.88 Å². The molecule has 3 aromatic rings. The number of fused-ring (bicyclic) bond motifs is 1. The van der Waals surface area contributed by atoms with Gasteiger partial charge in [0.05, 0.1) is 17.3 Å². The summed E-state index contributed by atoms with van der Waals surface area (Å²) in [5.41, 5.74) is 2.85. The number of likely N-dealkylation sites (tertiary alicyclic amines) is 1. The molecule has 0 spiro atoms. The molecule has 1 aliphatic rings. The summed E-state index contributed by atoms with van der Waals surface area (Å²) in [6, 6.07) is 10.0. The van der Waals surface area contributed by atoms with Crippen LogP contribution in [0.1, 0.15) is 27.9 Å². The van der Waals surface area contributed by atoms with Crippen molar-refractivity contribution >= 4 is 33.3 Å². The van der Waals surface area contributed by atoms with Crippen molar-refractivity contribution in [3.05, 3.63) is 52.7 Å². The van der Waals surface area contributed by atoms with Gasteiger partial charge in [-0.15, -0.1) is 0 Å². The van der Waals surface area contributed by atoms with Crippen LogP contribution in [0.3, 0.4) is 0 Å². The summed E-state index contributed by atoms with van der Waals surface area (Å²) in [5, 5.41) is 15.6. The molecule has 2 atom stereocenters. The van der Waals surface area contributed by atoms with E-state index in [9.17, 15) is 9.90 Å². The lowest BCUT2D eigenvalue weighted by Crippen LogP contribution is -2.29. The highest BCUT2D eigenvalue weighted by molar-refractivity contribution is 7.17. The van der Waals surface area contributed by atoms with Gasteiger partial charge >= 0.3 is 0 Å². The molecule has 0 bridgehead atoms. The summed E-state index contributed by atoms with van der Waals surface area (Å²) < 4.78 is 0. The summed E-state index contributed by atoms with van der Waals surface area (Å²) in [7, 11) is 0. The lowest BCUT2D eigenvalue weighted by Gasteiger charge is -2.16. The van der Waals surface area contributed by atoms with Crippen LogP contribution in [0.2, 0.25) is 0 Å². The maximum absolute atomic E-state index is 13.0. The minimum absolute atomic E-state index is 0.0104. The maximum Gasteiger partial charge on any atom is 0.266 e. The van der Waals surface area contributed by atoms with Crippen molar-refractivity contribution in [3.8, 4) is 0 Å². The molecule has 3 heterocycles. The molecular formula is C21H24N4O2S. The van der Waals surface area contributed by atoms with Crippen LogP contribution in [0.4, 0.5) is 5.13 Å². The molecular weight excluding hydrogens is 372 g/mol. The molecule has 1 aliphatic heterocycles. The van der Waals surface area contributed by atoms with Gasteiger partial charge in [-0.2, -0.15) is 0 Å². The third-order valence-corrected chi connectivity index (χ3v) is 6.34. The second kappa shape index (κ2) is 7.85. The predicted octanol–water partition coefficient (Wildman–Crippen LogP) is 3.11. The van der Waals surface area contributed by atoms with Crippen molar-refractivity contribution in [1.82, 2.24) is 14.9 Å². The van der Waals surface area contributed by atoms with Gasteiger partial charge in [0.25, 0.3) is 5.91 Å². The van der Waals surface area contributed by atoms with Crippen LogP contribution in [-0.2, 0) is 6.42 Å². The van der Waals surface area contributed by atoms with E-state index in [0.717, 1.165) is 40.3 Å². The Labute approximate surface area is 168 Å². The van der Waals surface area contributed by atoms with Crippen molar-refractivity contribution in [3.63, 3.8) is 0 Å². The highest BCUT2D eigenvalue weighted by Crippen LogP contribution is 2.29. The summed E-state index contributed by atoms with van der Waals surface area (Å²) in [4.78, 5) is 24.2. The monoisotopic (exact) mass is 396 g/mol. The molecule has 1 amide bonds. The van der Waals surface area contributed by atoms with Crippen molar-refractivity contribution < 1.29 is 9.90 Å². The van der Waals surface area contributed by atoms with Crippen LogP contribution in [0.25, 0.3) is 10.9 Å². The van der Waals surface area contributed by atoms with E-state index in [0.29, 0.717) is 18.0 Å². The Balaban J connectivity index is 1.51. The third kappa shape index (κ3) is 3.59. The molecule has 0 radical (unpaired) electrons. The van der Waals surface area contributed by atoms with Gasteiger partial charge in [0.2, 0.25) is 0 Å². The van der Waals surface area contributed by atoms with Crippen LogP contribution in [0.5, 0.6) is 0 Å². The number of anilines is 1. The molecule has 28 heavy (non-hydrogen) atoms. The number of nitrogens with zero attached hydrogens (tertiary/aromatic N) is 3. The van der Waals surface area contributed by atoms with Gasteiger partial charge in [-0.25, -0.2) is 4.98 Å². The van der Waals surface area contributed by atoms with Gasteiger partial charge in [0.15, 0.2) is 5.13 Å². The molecule has 0 aliphatic carbocycles. The lowest BCUT2D eigenvalue weighted by molar-refractivity contribution is 0.0768. The number of hydrogen-bond acceptors (Lipinski definition) is 6. The van der Waals surface area contributed by atoms with Gasteiger partial charge in [0, 0.05) is 37.1 Å². The Hall–Kier alpha value is -2.51. The smallest absolute Gasteiger partial charge is 0.266 e. The number of aromatic nitrogens is 2. The number of carbonyl (C=O) groups excluding carboxylic acids is 1. The minimum atomic E-state index is -0.530. The average Bonchev–Trinajstić information content (AvgIpc) is 3.24. The Kier molecular flexibility index (Phi) is 5.28. The zero-order valence-electron chi connectivity index (χ0n) is 16.1. The van der Waals surface area contributed by atoms with E-state index >= 15 is 0 Å². The number of β-amino-alcohol motifs (C(OH)–C–C–N with tert-alkyl or cyclic N) is 1. The number of benzene rings is 1. The molecule has 2 N–H and O–H groups in total. The van der Waals surface area contributed by atoms with Gasteiger partial charge in [-0.05, 0) is 38.0 Å². The number of thiazole rings is 1. The first kappa shape index (κ1) is 18.8. The number of hydrogen-bond donors (Lipinski definition) is 2. The number of aliphatic hydroxyl groups is 1. The number of aryl methyl sites for hydroxylation is 1. The summed E-state index contributed by atoms with van der Waals surface area (Å²) in [5.74, 6) is -0.0310. The number of para-hydroxylation sites is 1. The summed E-state index contributed by atoms with van der Waals surface area (Å²) in [6.45, 7) is 5.54. The molecule has 1 saturated heterocycles. The predicted molar refractivity (Wildman–Crippen MR) is 112 cm³/mol. The molecule has 0 unspecified atom stereocenters. The first-order valence-electron chi connectivity index (χ1n) is 9.58. The molecule has 6 nitrogen and oxygen atoms in total. The zero-order chi connectivity index (χ0) is 19.7. The number of pyridine rings is 1. The van der Waals surface area contributed by atoms with E-state index in [1.807, 2.05) is 44.3 Å².